The lowest BCUT2D eigenvalue weighted by molar-refractivity contribution is -0.345. The summed E-state index contributed by atoms with van der Waals surface area (Å²) in [6.07, 6.45) is 5.20. The topological polar surface area (TPSA) is 90.9 Å². The molecule has 0 aliphatic heterocycles. The minimum Gasteiger partial charge on any atom is -0.479 e. The minimum absolute atomic E-state index is 0.0480. The first-order valence-corrected chi connectivity index (χ1v) is 10.1. The zero-order chi connectivity index (χ0) is 22.3. The van der Waals surface area contributed by atoms with E-state index in [1.165, 1.54) is 7.11 Å². The highest BCUT2D eigenvalue weighted by Gasteiger charge is 2.35. The Hall–Kier alpha value is -3.41. The predicted molar refractivity (Wildman–Crippen MR) is 108 cm³/mol. The molecule has 0 bridgehead atoms. The summed E-state index contributed by atoms with van der Waals surface area (Å²) in [7, 11) is 1.53. The number of alkyl halides is 3. The van der Waals surface area contributed by atoms with Crippen LogP contribution in [-0.2, 0) is 4.74 Å². The van der Waals surface area contributed by atoms with Gasteiger partial charge in [0.25, 0.3) is 0 Å². The van der Waals surface area contributed by atoms with E-state index in [4.69, 9.17) is 4.74 Å². The smallest absolute Gasteiger partial charge is 0.479 e. The van der Waals surface area contributed by atoms with Gasteiger partial charge in [0.15, 0.2) is 0 Å². The largest absolute Gasteiger partial charge is 0.522 e. The van der Waals surface area contributed by atoms with Crippen molar-refractivity contribution >= 4 is 17.2 Å². The molecule has 9 nitrogen and oxygen atoms in total. The Kier molecular flexibility index (Phi) is 5.08. The molecule has 0 unspecified atom stereocenters. The number of nitrogens with zero attached hydrogens (tertiary/aromatic N) is 6. The first kappa shape index (κ1) is 20.5. The van der Waals surface area contributed by atoms with E-state index in [0.29, 0.717) is 48.8 Å². The Bertz CT molecular complexity index is 1250. The third-order valence-corrected chi connectivity index (χ3v) is 5.54. The number of fused-ring (bicyclic) bond motifs is 2. The van der Waals surface area contributed by atoms with Gasteiger partial charge in [-0.25, -0.2) is 14.5 Å². The number of ether oxygens (including phenoxy) is 2. The number of rotatable bonds is 5. The van der Waals surface area contributed by atoms with Crippen LogP contribution < -0.4 is 10.1 Å². The van der Waals surface area contributed by atoms with Crippen molar-refractivity contribution in [1.82, 2.24) is 29.0 Å². The maximum absolute atomic E-state index is 12.4. The molecule has 1 aliphatic carbocycles. The quantitative estimate of drug-likeness (QED) is 0.499. The summed E-state index contributed by atoms with van der Waals surface area (Å²) in [5.74, 6) is 1.32. The minimum atomic E-state index is -4.60. The first-order chi connectivity index (χ1) is 15.4. The maximum Gasteiger partial charge on any atom is 0.522 e. The van der Waals surface area contributed by atoms with E-state index in [1.807, 2.05) is 22.9 Å². The van der Waals surface area contributed by atoms with Crippen LogP contribution in [0.15, 0.2) is 37.1 Å². The fraction of sp³-hybridized carbons (Fsp3) is 0.400. The number of halogens is 3. The van der Waals surface area contributed by atoms with E-state index in [-0.39, 0.29) is 6.04 Å². The zero-order valence-electron chi connectivity index (χ0n) is 17.1. The molecule has 0 spiro atoms. The molecule has 0 saturated heterocycles. The highest BCUT2D eigenvalue weighted by molar-refractivity contribution is 5.84. The number of hydrogen-bond acceptors (Lipinski definition) is 7. The Morgan fingerprint density at radius 3 is 2.69 bits per heavy atom. The monoisotopic (exact) mass is 447 g/mol. The number of hydrogen-bond donors (Lipinski definition) is 1. The van der Waals surface area contributed by atoms with Crippen LogP contribution in [0.4, 0.5) is 19.1 Å². The molecule has 1 saturated carbocycles. The van der Waals surface area contributed by atoms with Crippen molar-refractivity contribution in [3.8, 4) is 17.0 Å². The average Bonchev–Trinajstić information content (AvgIpc) is 3.40. The van der Waals surface area contributed by atoms with Crippen molar-refractivity contribution in [3.63, 3.8) is 0 Å². The SMILES string of the molecule is COc1nc(N[C@H]2CC[C@H](OC(F)(F)F)CC2)nn2ccc(-c3cnc4nccn4c3)c12. The molecular formula is C20H20F3N7O2. The van der Waals surface area contributed by atoms with E-state index in [2.05, 4.69) is 30.1 Å². The second kappa shape index (κ2) is 7.93. The third-order valence-electron chi connectivity index (χ3n) is 5.54. The molecule has 5 rings (SSSR count). The van der Waals surface area contributed by atoms with Gasteiger partial charge in [0.05, 0.1) is 13.2 Å². The lowest BCUT2D eigenvalue weighted by Gasteiger charge is -2.29. The van der Waals surface area contributed by atoms with Crippen molar-refractivity contribution in [2.24, 2.45) is 0 Å². The molecule has 1 N–H and O–H groups in total. The van der Waals surface area contributed by atoms with E-state index in [9.17, 15) is 13.2 Å². The molecule has 0 amide bonds. The number of anilines is 1. The number of nitrogens with one attached hydrogen (secondary N) is 1. The van der Waals surface area contributed by atoms with Gasteiger partial charge in [0, 0.05) is 48.2 Å². The van der Waals surface area contributed by atoms with Crippen LogP contribution in [0, 0.1) is 0 Å². The van der Waals surface area contributed by atoms with Gasteiger partial charge < -0.3 is 10.1 Å². The standard InChI is InChI=1S/C20H20F3N7O2/c1-31-17-16-15(12-10-25-19-24-7-9-29(19)11-12)6-8-30(16)28-18(27-17)26-13-2-4-14(5-3-13)32-20(21,22)23/h6-11,13-14H,2-5H2,1H3,(H,26,28)/t13-,14-. The Morgan fingerprint density at radius 1 is 1.12 bits per heavy atom. The van der Waals surface area contributed by atoms with E-state index in [1.54, 1.807) is 23.1 Å². The van der Waals surface area contributed by atoms with Gasteiger partial charge in [-0.05, 0) is 31.7 Å². The maximum atomic E-state index is 12.4. The summed E-state index contributed by atoms with van der Waals surface area (Å²) in [4.78, 5) is 13.0. The molecule has 168 valence electrons. The summed E-state index contributed by atoms with van der Waals surface area (Å²) in [6.45, 7) is 0. The highest BCUT2D eigenvalue weighted by atomic mass is 19.4. The molecule has 4 aromatic rings. The van der Waals surface area contributed by atoms with Crippen molar-refractivity contribution < 1.29 is 22.6 Å². The second-order valence-electron chi connectivity index (χ2n) is 7.63. The fourth-order valence-electron chi connectivity index (χ4n) is 4.08. The summed E-state index contributed by atoms with van der Waals surface area (Å²) < 4.78 is 50.4. The van der Waals surface area contributed by atoms with Crippen LogP contribution >= 0.6 is 0 Å². The summed E-state index contributed by atoms with van der Waals surface area (Å²) in [5.41, 5.74) is 2.38. The van der Waals surface area contributed by atoms with Gasteiger partial charge in [0.2, 0.25) is 17.6 Å². The summed E-state index contributed by atoms with van der Waals surface area (Å²) >= 11 is 0. The summed E-state index contributed by atoms with van der Waals surface area (Å²) in [5, 5.41) is 7.73. The lowest BCUT2D eigenvalue weighted by atomic mass is 9.93. The Balaban J connectivity index is 1.37. The average molecular weight is 447 g/mol. The second-order valence-corrected chi connectivity index (χ2v) is 7.63. The number of imidazole rings is 1. The number of methoxy groups -OCH3 is 1. The molecule has 12 heteroatoms. The molecule has 1 aliphatic rings. The molecular weight excluding hydrogens is 427 g/mol. The van der Waals surface area contributed by atoms with Crippen molar-refractivity contribution in [1.29, 1.82) is 0 Å². The lowest BCUT2D eigenvalue weighted by Crippen LogP contribution is -2.33. The van der Waals surface area contributed by atoms with E-state index in [0.717, 1.165) is 11.1 Å². The Labute approximate surface area is 180 Å². The third kappa shape index (κ3) is 4.05. The first-order valence-electron chi connectivity index (χ1n) is 10.1. The fourth-order valence-corrected chi connectivity index (χ4v) is 4.08. The zero-order valence-corrected chi connectivity index (χ0v) is 17.1. The Morgan fingerprint density at radius 2 is 1.94 bits per heavy atom. The number of aromatic nitrogens is 6. The predicted octanol–water partition coefficient (Wildman–Crippen LogP) is 3.71. The van der Waals surface area contributed by atoms with E-state index < -0.39 is 12.5 Å². The van der Waals surface area contributed by atoms with Gasteiger partial charge in [-0.15, -0.1) is 18.3 Å². The van der Waals surface area contributed by atoms with Crippen LogP contribution in [0.5, 0.6) is 5.88 Å². The molecule has 4 heterocycles. The van der Waals surface area contributed by atoms with Gasteiger partial charge in [0.1, 0.15) is 5.52 Å². The van der Waals surface area contributed by atoms with Crippen molar-refractivity contribution in [2.75, 3.05) is 12.4 Å². The van der Waals surface area contributed by atoms with Crippen LogP contribution in [0.1, 0.15) is 25.7 Å². The van der Waals surface area contributed by atoms with Crippen molar-refractivity contribution in [3.05, 3.63) is 37.1 Å². The molecule has 0 radical (unpaired) electrons. The summed E-state index contributed by atoms with van der Waals surface area (Å²) in [6, 6.07) is 1.85. The molecule has 1 fully saturated rings. The highest BCUT2D eigenvalue weighted by Crippen LogP contribution is 2.32. The van der Waals surface area contributed by atoms with Crippen molar-refractivity contribution in [2.45, 2.75) is 44.2 Å². The van der Waals surface area contributed by atoms with Crippen LogP contribution in [0.2, 0.25) is 0 Å². The van der Waals surface area contributed by atoms with Gasteiger partial charge in [-0.1, -0.05) is 0 Å². The van der Waals surface area contributed by atoms with Crippen LogP contribution in [-0.4, -0.2) is 54.6 Å². The van der Waals surface area contributed by atoms with E-state index >= 15 is 0 Å². The van der Waals surface area contributed by atoms with Crippen LogP contribution in [0.25, 0.3) is 22.4 Å². The molecule has 0 atom stereocenters. The molecule has 0 aromatic carbocycles. The van der Waals surface area contributed by atoms with Crippen LogP contribution in [0.3, 0.4) is 0 Å². The molecule has 32 heavy (non-hydrogen) atoms. The van der Waals surface area contributed by atoms with Gasteiger partial charge in [-0.2, -0.15) is 4.98 Å². The van der Waals surface area contributed by atoms with Gasteiger partial charge in [-0.3, -0.25) is 9.14 Å². The normalized spacial score (nSPS) is 19.5. The molecule has 4 aromatic heterocycles. The van der Waals surface area contributed by atoms with Gasteiger partial charge >= 0.3 is 6.36 Å².